The molecular formula is C15H13BrINO. The SMILES string of the molecule is Cc1cccc(C)c1NC(=O)c1cc(I)ccc1Br. The molecule has 1 amide bonds. The summed E-state index contributed by atoms with van der Waals surface area (Å²) in [7, 11) is 0. The molecule has 2 nitrogen and oxygen atoms in total. The Morgan fingerprint density at radius 2 is 1.79 bits per heavy atom. The second-order valence-corrected chi connectivity index (χ2v) is 6.45. The van der Waals surface area contributed by atoms with Crippen molar-refractivity contribution >= 4 is 50.1 Å². The molecule has 0 radical (unpaired) electrons. The monoisotopic (exact) mass is 429 g/mol. The summed E-state index contributed by atoms with van der Waals surface area (Å²) in [5.74, 6) is -0.0946. The molecule has 2 aromatic carbocycles. The number of carbonyl (C=O) groups excluding carboxylic acids is 1. The topological polar surface area (TPSA) is 29.1 Å². The average molecular weight is 430 g/mol. The van der Waals surface area contributed by atoms with Crippen molar-refractivity contribution in [3.05, 3.63) is 61.1 Å². The minimum absolute atomic E-state index is 0.0946. The van der Waals surface area contributed by atoms with Gasteiger partial charge in [-0.05, 0) is 81.7 Å². The van der Waals surface area contributed by atoms with Gasteiger partial charge in [0.1, 0.15) is 0 Å². The van der Waals surface area contributed by atoms with Gasteiger partial charge >= 0.3 is 0 Å². The molecule has 0 aliphatic carbocycles. The van der Waals surface area contributed by atoms with Crippen molar-refractivity contribution < 1.29 is 4.79 Å². The van der Waals surface area contributed by atoms with E-state index in [0.29, 0.717) is 5.56 Å². The molecule has 0 heterocycles. The van der Waals surface area contributed by atoms with E-state index < -0.39 is 0 Å². The van der Waals surface area contributed by atoms with Gasteiger partial charge in [-0.3, -0.25) is 4.79 Å². The Kier molecular flexibility index (Phi) is 4.62. The fourth-order valence-corrected chi connectivity index (χ4v) is 2.78. The van der Waals surface area contributed by atoms with Crippen LogP contribution >= 0.6 is 38.5 Å². The van der Waals surface area contributed by atoms with Crippen LogP contribution < -0.4 is 5.32 Å². The highest BCUT2D eigenvalue weighted by Gasteiger charge is 2.12. The van der Waals surface area contributed by atoms with Crippen molar-refractivity contribution in [1.29, 1.82) is 0 Å². The lowest BCUT2D eigenvalue weighted by atomic mass is 10.1. The highest BCUT2D eigenvalue weighted by atomic mass is 127. The van der Waals surface area contributed by atoms with Crippen molar-refractivity contribution in [3.63, 3.8) is 0 Å². The fraction of sp³-hybridized carbons (Fsp3) is 0.133. The summed E-state index contributed by atoms with van der Waals surface area (Å²) in [4.78, 5) is 12.3. The molecule has 2 rings (SSSR count). The Labute approximate surface area is 134 Å². The van der Waals surface area contributed by atoms with Crippen LogP contribution in [0.15, 0.2) is 40.9 Å². The molecule has 0 aliphatic rings. The molecule has 0 aliphatic heterocycles. The summed E-state index contributed by atoms with van der Waals surface area (Å²) >= 11 is 5.62. The number of para-hydroxylation sites is 1. The Balaban J connectivity index is 2.34. The van der Waals surface area contributed by atoms with Crippen molar-refractivity contribution in [3.8, 4) is 0 Å². The maximum absolute atomic E-state index is 12.3. The largest absolute Gasteiger partial charge is 0.321 e. The van der Waals surface area contributed by atoms with Crippen molar-refractivity contribution in [2.75, 3.05) is 5.32 Å². The van der Waals surface area contributed by atoms with Crippen LogP contribution in [0.25, 0.3) is 0 Å². The zero-order chi connectivity index (χ0) is 14.0. The Morgan fingerprint density at radius 1 is 1.16 bits per heavy atom. The molecule has 2 aromatic rings. The van der Waals surface area contributed by atoms with Gasteiger partial charge in [0.2, 0.25) is 0 Å². The van der Waals surface area contributed by atoms with Crippen LogP contribution in [0.5, 0.6) is 0 Å². The molecule has 19 heavy (non-hydrogen) atoms. The van der Waals surface area contributed by atoms with Gasteiger partial charge in [0, 0.05) is 13.7 Å². The van der Waals surface area contributed by atoms with E-state index in [0.717, 1.165) is 24.9 Å². The second-order valence-electron chi connectivity index (χ2n) is 4.35. The molecule has 0 saturated heterocycles. The predicted octanol–water partition coefficient (Wildman–Crippen LogP) is 4.92. The van der Waals surface area contributed by atoms with Crippen molar-refractivity contribution in [2.45, 2.75) is 13.8 Å². The minimum Gasteiger partial charge on any atom is -0.321 e. The van der Waals surface area contributed by atoms with Crippen molar-refractivity contribution in [2.24, 2.45) is 0 Å². The number of rotatable bonds is 2. The van der Waals surface area contributed by atoms with E-state index >= 15 is 0 Å². The average Bonchev–Trinajstić information content (AvgIpc) is 2.37. The summed E-state index contributed by atoms with van der Waals surface area (Å²) in [5.41, 5.74) is 3.66. The fourth-order valence-electron chi connectivity index (χ4n) is 1.86. The molecule has 0 atom stereocenters. The molecule has 4 heteroatoms. The number of hydrogen-bond donors (Lipinski definition) is 1. The summed E-state index contributed by atoms with van der Waals surface area (Å²) in [5, 5.41) is 2.99. The molecule has 0 unspecified atom stereocenters. The molecule has 0 aromatic heterocycles. The van der Waals surface area contributed by atoms with Gasteiger partial charge < -0.3 is 5.32 Å². The number of amides is 1. The lowest BCUT2D eigenvalue weighted by Gasteiger charge is -2.12. The lowest BCUT2D eigenvalue weighted by molar-refractivity contribution is 0.102. The number of nitrogens with one attached hydrogen (secondary N) is 1. The standard InChI is InChI=1S/C15H13BrINO/c1-9-4-3-5-10(2)14(9)18-15(19)12-8-11(17)6-7-13(12)16/h3-8H,1-2H3,(H,18,19). The number of hydrogen-bond acceptors (Lipinski definition) is 1. The Morgan fingerprint density at radius 3 is 2.42 bits per heavy atom. The van der Waals surface area contributed by atoms with Gasteiger partial charge in [-0.1, -0.05) is 18.2 Å². The summed E-state index contributed by atoms with van der Waals surface area (Å²) < 4.78 is 1.84. The van der Waals surface area contributed by atoms with Crippen LogP contribution in [-0.2, 0) is 0 Å². The number of halogens is 2. The number of benzene rings is 2. The van der Waals surface area contributed by atoms with E-state index in [1.54, 1.807) is 0 Å². The van der Waals surface area contributed by atoms with E-state index in [4.69, 9.17) is 0 Å². The van der Waals surface area contributed by atoms with Crippen LogP contribution in [0.2, 0.25) is 0 Å². The highest BCUT2D eigenvalue weighted by molar-refractivity contribution is 14.1. The maximum atomic E-state index is 12.3. The van der Waals surface area contributed by atoms with Crippen molar-refractivity contribution in [1.82, 2.24) is 0 Å². The first kappa shape index (κ1) is 14.5. The van der Waals surface area contributed by atoms with Crippen LogP contribution in [-0.4, -0.2) is 5.91 Å². The van der Waals surface area contributed by atoms with Gasteiger partial charge in [0.25, 0.3) is 5.91 Å². The predicted molar refractivity (Wildman–Crippen MR) is 90.7 cm³/mol. The van der Waals surface area contributed by atoms with Crippen LogP contribution in [0, 0.1) is 17.4 Å². The second kappa shape index (κ2) is 6.05. The maximum Gasteiger partial charge on any atom is 0.256 e. The molecular weight excluding hydrogens is 417 g/mol. The van der Waals surface area contributed by atoms with Gasteiger partial charge in [-0.25, -0.2) is 0 Å². The Hall–Kier alpha value is -0.880. The lowest BCUT2D eigenvalue weighted by Crippen LogP contribution is -2.14. The van der Waals surface area contributed by atoms with E-state index in [9.17, 15) is 4.79 Å². The van der Waals surface area contributed by atoms with Gasteiger partial charge in [0.05, 0.1) is 5.56 Å². The number of aryl methyl sites for hydroxylation is 2. The molecule has 0 fully saturated rings. The first-order valence-electron chi connectivity index (χ1n) is 5.81. The first-order chi connectivity index (χ1) is 8.99. The van der Waals surface area contributed by atoms with E-state index in [2.05, 4.69) is 43.8 Å². The van der Waals surface area contributed by atoms with Crippen LogP contribution in [0.1, 0.15) is 21.5 Å². The quantitative estimate of drug-likeness (QED) is 0.674. The highest BCUT2D eigenvalue weighted by Crippen LogP contribution is 2.24. The van der Waals surface area contributed by atoms with Gasteiger partial charge in [-0.15, -0.1) is 0 Å². The minimum atomic E-state index is -0.0946. The Bertz CT molecular complexity index is 620. The van der Waals surface area contributed by atoms with E-state index in [1.807, 2.05) is 50.2 Å². The summed E-state index contributed by atoms with van der Waals surface area (Å²) in [6.07, 6.45) is 0. The summed E-state index contributed by atoms with van der Waals surface area (Å²) in [6, 6.07) is 11.7. The van der Waals surface area contributed by atoms with E-state index in [1.165, 1.54) is 0 Å². The normalized spacial score (nSPS) is 10.3. The third-order valence-electron chi connectivity index (χ3n) is 2.89. The first-order valence-corrected chi connectivity index (χ1v) is 7.69. The summed E-state index contributed by atoms with van der Waals surface area (Å²) in [6.45, 7) is 3.98. The van der Waals surface area contributed by atoms with E-state index in [-0.39, 0.29) is 5.91 Å². The van der Waals surface area contributed by atoms with Gasteiger partial charge in [0.15, 0.2) is 0 Å². The molecule has 1 N–H and O–H groups in total. The van der Waals surface area contributed by atoms with Gasteiger partial charge in [-0.2, -0.15) is 0 Å². The smallest absolute Gasteiger partial charge is 0.256 e. The zero-order valence-corrected chi connectivity index (χ0v) is 14.4. The molecule has 0 bridgehead atoms. The zero-order valence-electron chi connectivity index (χ0n) is 10.6. The van der Waals surface area contributed by atoms with Crippen LogP contribution in [0.3, 0.4) is 0 Å². The third-order valence-corrected chi connectivity index (χ3v) is 4.26. The molecule has 0 saturated carbocycles. The number of carbonyl (C=O) groups is 1. The number of anilines is 1. The third kappa shape index (κ3) is 3.36. The molecule has 98 valence electrons. The molecule has 0 spiro atoms. The van der Waals surface area contributed by atoms with Crippen LogP contribution in [0.4, 0.5) is 5.69 Å².